The molecule has 0 heterocycles. The van der Waals surface area contributed by atoms with E-state index < -0.39 is 0 Å². The maximum atomic E-state index is 11.1. The van der Waals surface area contributed by atoms with Gasteiger partial charge in [0.05, 0.1) is 5.91 Å². The van der Waals surface area contributed by atoms with Gasteiger partial charge in [0.2, 0.25) is 0 Å². The maximum Gasteiger partial charge on any atom is 4.00 e. The molecule has 0 aromatic heterocycles. The van der Waals surface area contributed by atoms with Crippen molar-refractivity contribution in [2.75, 3.05) is 0 Å². The van der Waals surface area contributed by atoms with E-state index in [-0.39, 0.29) is 62.8 Å². The van der Waals surface area contributed by atoms with Gasteiger partial charge in [0, 0.05) is 15.4 Å². The largest absolute Gasteiger partial charge is 4.00 e. The number of allylic oxidation sites excluding steroid dienone is 4. The average Bonchev–Trinajstić information content (AvgIpc) is 2.82. The molecule has 1 amide bonds. The van der Waals surface area contributed by atoms with Crippen molar-refractivity contribution >= 4 is 15.4 Å². The first-order valence-electron chi connectivity index (χ1n) is 11.1. The SMILES string of the molecule is CC1=[C-]C(C)C(C)=C1C.C[SiH]C.[Cl-].[Cl-].[NH-]C(=O)C1CCCCCCCCCCC1.[Zr+4]. The van der Waals surface area contributed by atoms with Gasteiger partial charge in [-0.2, -0.15) is 11.1 Å². The van der Waals surface area contributed by atoms with Crippen LogP contribution in [-0.4, -0.2) is 15.4 Å². The number of rotatable bonds is 1. The molecule has 2 nitrogen and oxygen atoms in total. The molecule has 0 saturated heterocycles. The van der Waals surface area contributed by atoms with Crippen molar-refractivity contribution in [1.29, 1.82) is 0 Å². The molecule has 0 aromatic rings. The topological polar surface area (TPSA) is 40.9 Å². The van der Waals surface area contributed by atoms with Crippen molar-refractivity contribution in [3.63, 3.8) is 0 Å². The van der Waals surface area contributed by atoms with Crippen molar-refractivity contribution in [2.24, 2.45) is 11.8 Å². The minimum absolute atomic E-state index is 0. The number of amides is 1. The number of nitrogens with one attached hydrogen (secondary N) is 1. The standard InChI is InChI=1S/C13H25NO.C9H13.C2H7Si.2ClH.Zr/c14-13(15)12-10-8-6-4-2-1-3-5-7-9-11-12;1-6-5-7(2)9(4)8(6)3;1-3-2;;;/h12H,1-11H2,(H2,14,15);6H,1-4H3;3H,1-2H3;2*1H;/q;-1;;;;+4/p-3. The smallest absolute Gasteiger partial charge is 1.00 e. The Labute approximate surface area is 221 Å². The Morgan fingerprint density at radius 1 is 0.867 bits per heavy atom. The Morgan fingerprint density at radius 3 is 1.40 bits per heavy atom. The third kappa shape index (κ3) is 18.2. The third-order valence-corrected chi connectivity index (χ3v) is 5.71. The summed E-state index contributed by atoms with van der Waals surface area (Å²) in [6, 6.07) is 0. The summed E-state index contributed by atoms with van der Waals surface area (Å²) in [4.78, 5) is 11.1. The molecule has 0 aliphatic heterocycles. The first-order valence-corrected chi connectivity index (χ1v) is 13.4. The van der Waals surface area contributed by atoms with Crippen LogP contribution in [0.25, 0.3) is 5.73 Å². The normalized spacial score (nSPS) is 20.1. The van der Waals surface area contributed by atoms with Crippen LogP contribution in [-0.2, 0) is 31.0 Å². The predicted molar refractivity (Wildman–Crippen MR) is 122 cm³/mol. The average molecular weight is 553 g/mol. The molecule has 173 valence electrons. The van der Waals surface area contributed by atoms with E-state index in [1.54, 1.807) is 0 Å². The molecule has 2 rings (SSSR count). The van der Waals surface area contributed by atoms with Gasteiger partial charge in [0.1, 0.15) is 0 Å². The van der Waals surface area contributed by atoms with Crippen LogP contribution in [0.3, 0.4) is 0 Å². The van der Waals surface area contributed by atoms with Gasteiger partial charge in [0.25, 0.3) is 0 Å². The Balaban J connectivity index is -0.000000195. The quantitative estimate of drug-likeness (QED) is 0.361. The van der Waals surface area contributed by atoms with Crippen LogP contribution >= 0.6 is 0 Å². The van der Waals surface area contributed by atoms with E-state index in [0.717, 1.165) is 35.2 Å². The molecule has 1 fully saturated rings. The number of hydrogen-bond donors (Lipinski definition) is 0. The van der Waals surface area contributed by atoms with Crippen molar-refractivity contribution in [2.45, 2.75) is 111 Å². The summed E-state index contributed by atoms with van der Waals surface area (Å²) in [5, 5.41) is 0. The fraction of sp³-hybridized carbons (Fsp3) is 0.792. The number of hydrogen-bond acceptors (Lipinski definition) is 1. The van der Waals surface area contributed by atoms with E-state index >= 15 is 0 Å². The van der Waals surface area contributed by atoms with Crippen molar-refractivity contribution < 1.29 is 55.8 Å². The van der Waals surface area contributed by atoms with Crippen molar-refractivity contribution in [1.82, 2.24) is 0 Å². The minimum atomic E-state index is -0.327. The second-order valence-corrected chi connectivity index (χ2v) is 9.35. The summed E-state index contributed by atoms with van der Waals surface area (Å²) >= 11 is 0. The minimum Gasteiger partial charge on any atom is -1.00 e. The molecule has 6 heteroatoms. The van der Waals surface area contributed by atoms with Gasteiger partial charge in [-0.05, 0) is 12.8 Å². The fourth-order valence-corrected chi connectivity index (χ4v) is 3.59. The third-order valence-electron chi connectivity index (χ3n) is 5.71. The number of carbonyl (C=O) groups excluding carboxylic acids is 1. The Morgan fingerprint density at radius 2 is 1.20 bits per heavy atom. The van der Waals surface area contributed by atoms with E-state index in [4.69, 9.17) is 5.73 Å². The van der Waals surface area contributed by atoms with Gasteiger partial charge in [-0.3, -0.25) is 6.08 Å². The van der Waals surface area contributed by atoms with E-state index in [9.17, 15) is 4.79 Å². The van der Waals surface area contributed by atoms with Gasteiger partial charge in [-0.25, -0.2) is 5.57 Å². The summed E-state index contributed by atoms with van der Waals surface area (Å²) in [5.74, 6) is 0.279. The zero-order valence-electron chi connectivity index (χ0n) is 20.2. The maximum absolute atomic E-state index is 11.1. The molecule has 30 heavy (non-hydrogen) atoms. The molecule has 1 unspecified atom stereocenters. The first kappa shape index (κ1) is 37.9. The van der Waals surface area contributed by atoms with Crippen molar-refractivity contribution in [3.05, 3.63) is 28.5 Å². The van der Waals surface area contributed by atoms with Crippen LogP contribution in [0.2, 0.25) is 13.1 Å². The van der Waals surface area contributed by atoms with Crippen LogP contribution in [0.1, 0.15) is 98.3 Å². The van der Waals surface area contributed by atoms with Crippen LogP contribution < -0.4 is 24.8 Å². The zero-order chi connectivity index (χ0) is 20.7. The molecule has 1 radical (unpaired) electrons. The summed E-state index contributed by atoms with van der Waals surface area (Å²) in [5.41, 5.74) is 11.5. The van der Waals surface area contributed by atoms with Gasteiger partial charge in [0.15, 0.2) is 0 Å². The van der Waals surface area contributed by atoms with E-state index in [1.165, 1.54) is 61.7 Å². The molecular formula is C24H44Cl2NOSiZr. The number of carbonyl (C=O) groups is 1. The second-order valence-electron chi connectivity index (χ2n) is 8.20. The summed E-state index contributed by atoms with van der Waals surface area (Å²) in [6.07, 6.45) is 16.8. The number of halogens is 2. The summed E-state index contributed by atoms with van der Waals surface area (Å²) in [7, 11) is 0.750. The first-order chi connectivity index (χ1) is 12.8. The fourth-order valence-electron chi connectivity index (χ4n) is 3.59. The Kier molecular flexibility index (Phi) is 30.7. The zero-order valence-corrected chi connectivity index (χ0v) is 25.3. The molecule has 0 spiro atoms. The predicted octanol–water partition coefficient (Wildman–Crippen LogP) is 1.73. The Hall–Kier alpha value is 0.630. The molecule has 2 aliphatic carbocycles. The van der Waals surface area contributed by atoms with Crippen LogP contribution in [0, 0.1) is 17.9 Å². The van der Waals surface area contributed by atoms with Crippen LogP contribution in [0.5, 0.6) is 0 Å². The van der Waals surface area contributed by atoms with Crippen LogP contribution in [0.15, 0.2) is 16.7 Å². The van der Waals surface area contributed by atoms with E-state index in [2.05, 4.69) is 46.9 Å². The van der Waals surface area contributed by atoms with Gasteiger partial charge < -0.3 is 35.3 Å². The Bertz CT molecular complexity index is 472. The molecular weight excluding hydrogens is 508 g/mol. The summed E-state index contributed by atoms with van der Waals surface area (Å²) in [6.45, 7) is 13.1. The van der Waals surface area contributed by atoms with Crippen molar-refractivity contribution in [3.8, 4) is 0 Å². The van der Waals surface area contributed by atoms with E-state index in [0.29, 0.717) is 5.92 Å². The molecule has 2 aliphatic rings. The second kappa shape index (κ2) is 24.3. The van der Waals surface area contributed by atoms with Gasteiger partial charge in [-0.15, -0.1) is 6.92 Å². The summed E-state index contributed by atoms with van der Waals surface area (Å²) < 4.78 is 0. The molecule has 1 atom stereocenters. The van der Waals surface area contributed by atoms with E-state index in [1.807, 2.05) is 0 Å². The monoisotopic (exact) mass is 550 g/mol. The molecule has 1 N–H and O–H groups in total. The van der Waals surface area contributed by atoms with Crippen LogP contribution in [0.4, 0.5) is 0 Å². The van der Waals surface area contributed by atoms with Gasteiger partial charge >= 0.3 is 26.2 Å². The molecule has 0 aromatic carbocycles. The molecule has 0 bridgehead atoms. The van der Waals surface area contributed by atoms with Gasteiger partial charge in [-0.1, -0.05) is 97.6 Å². The molecule has 1 saturated carbocycles.